The Morgan fingerprint density at radius 3 is 2.67 bits per heavy atom. The highest BCUT2D eigenvalue weighted by Crippen LogP contribution is 2.18. The highest BCUT2D eigenvalue weighted by atomic mass is 35.5. The number of halogens is 1. The highest BCUT2D eigenvalue weighted by molar-refractivity contribution is 5.86. The lowest BCUT2D eigenvalue weighted by Gasteiger charge is -2.12. The van der Waals surface area contributed by atoms with Gasteiger partial charge < -0.3 is 11.1 Å². The van der Waals surface area contributed by atoms with Crippen molar-refractivity contribution >= 4 is 29.1 Å². The minimum absolute atomic E-state index is 0. The first-order valence-corrected chi connectivity index (χ1v) is 7.22. The number of rotatable bonds is 6. The van der Waals surface area contributed by atoms with Crippen molar-refractivity contribution in [1.29, 1.82) is 0 Å². The van der Waals surface area contributed by atoms with Crippen molar-refractivity contribution in [2.75, 3.05) is 6.54 Å². The second-order valence-corrected chi connectivity index (χ2v) is 5.07. The summed E-state index contributed by atoms with van der Waals surface area (Å²) in [6.07, 6.45) is 2.49. The number of benzene rings is 2. The van der Waals surface area contributed by atoms with Crippen LogP contribution in [0.15, 0.2) is 42.5 Å². The van der Waals surface area contributed by atoms with Crippen LogP contribution in [-0.2, 0) is 11.2 Å². The monoisotopic (exact) mass is 306 g/mol. The Morgan fingerprint density at radius 2 is 1.90 bits per heavy atom. The van der Waals surface area contributed by atoms with Gasteiger partial charge in [0, 0.05) is 6.54 Å². The van der Waals surface area contributed by atoms with E-state index in [1.165, 1.54) is 16.3 Å². The van der Waals surface area contributed by atoms with Gasteiger partial charge in [-0.05, 0) is 29.2 Å². The fraction of sp³-hybridized carbons (Fsp3) is 0.353. The Labute approximate surface area is 132 Å². The molecule has 2 aromatic carbocycles. The zero-order valence-electron chi connectivity index (χ0n) is 12.3. The van der Waals surface area contributed by atoms with E-state index in [-0.39, 0.29) is 24.4 Å². The van der Waals surface area contributed by atoms with Crippen LogP contribution in [-0.4, -0.2) is 18.5 Å². The number of amides is 1. The van der Waals surface area contributed by atoms with Crippen LogP contribution in [0.5, 0.6) is 0 Å². The first kappa shape index (κ1) is 17.5. The molecule has 21 heavy (non-hydrogen) atoms. The number of fused-ring (bicyclic) bond motifs is 1. The summed E-state index contributed by atoms with van der Waals surface area (Å²) in [5, 5.41) is 5.40. The first-order chi connectivity index (χ1) is 9.72. The largest absolute Gasteiger partial charge is 0.354 e. The molecule has 0 aliphatic carbocycles. The van der Waals surface area contributed by atoms with E-state index >= 15 is 0 Å². The second kappa shape index (κ2) is 8.65. The standard InChI is InChI=1S/C17H22N2O.ClH/c1-2-6-16(18)17(20)19-12-11-14-9-5-8-13-7-3-4-10-15(13)14;/h3-5,7-10,16H,2,6,11-12,18H2,1H3,(H,19,20);1H. The van der Waals surface area contributed by atoms with Gasteiger partial charge in [0.1, 0.15) is 0 Å². The molecule has 0 aliphatic rings. The molecule has 0 saturated carbocycles. The summed E-state index contributed by atoms with van der Waals surface area (Å²) in [6, 6.07) is 14.2. The quantitative estimate of drug-likeness (QED) is 0.862. The van der Waals surface area contributed by atoms with Crippen LogP contribution in [0.25, 0.3) is 10.8 Å². The molecule has 0 fully saturated rings. The Bertz CT molecular complexity index is 581. The lowest BCUT2D eigenvalue weighted by atomic mass is 10.0. The Kier molecular flexibility index (Phi) is 7.20. The van der Waals surface area contributed by atoms with Crippen LogP contribution in [0.3, 0.4) is 0 Å². The van der Waals surface area contributed by atoms with Gasteiger partial charge in [0.25, 0.3) is 0 Å². The van der Waals surface area contributed by atoms with Gasteiger partial charge in [0.2, 0.25) is 5.91 Å². The molecule has 0 heterocycles. The SMILES string of the molecule is CCCC(N)C(=O)NCCc1cccc2ccccc12.Cl. The Morgan fingerprint density at radius 1 is 1.19 bits per heavy atom. The van der Waals surface area contributed by atoms with E-state index in [0.29, 0.717) is 6.54 Å². The minimum atomic E-state index is -0.382. The second-order valence-electron chi connectivity index (χ2n) is 5.07. The van der Waals surface area contributed by atoms with E-state index in [9.17, 15) is 4.79 Å². The van der Waals surface area contributed by atoms with Gasteiger partial charge in [0.05, 0.1) is 6.04 Å². The molecule has 3 nitrogen and oxygen atoms in total. The van der Waals surface area contributed by atoms with Crippen LogP contribution in [0.1, 0.15) is 25.3 Å². The maximum Gasteiger partial charge on any atom is 0.236 e. The summed E-state index contributed by atoms with van der Waals surface area (Å²) < 4.78 is 0. The molecule has 2 aromatic rings. The molecule has 114 valence electrons. The summed E-state index contributed by atoms with van der Waals surface area (Å²) in [5.74, 6) is -0.0490. The van der Waals surface area contributed by atoms with E-state index < -0.39 is 0 Å². The lowest BCUT2D eigenvalue weighted by Crippen LogP contribution is -2.41. The fourth-order valence-corrected chi connectivity index (χ4v) is 2.40. The van der Waals surface area contributed by atoms with Crippen molar-refractivity contribution in [3.05, 3.63) is 48.0 Å². The topological polar surface area (TPSA) is 55.1 Å². The summed E-state index contributed by atoms with van der Waals surface area (Å²) >= 11 is 0. The van der Waals surface area contributed by atoms with E-state index in [2.05, 4.69) is 35.6 Å². The normalized spacial score (nSPS) is 11.7. The van der Waals surface area contributed by atoms with Gasteiger partial charge in [-0.25, -0.2) is 0 Å². The van der Waals surface area contributed by atoms with Crippen LogP contribution in [0.2, 0.25) is 0 Å². The molecule has 2 rings (SSSR count). The summed E-state index contributed by atoms with van der Waals surface area (Å²) in [5.41, 5.74) is 7.04. The van der Waals surface area contributed by atoms with Gasteiger partial charge in [0.15, 0.2) is 0 Å². The molecule has 0 bridgehead atoms. The van der Waals surface area contributed by atoms with Crippen LogP contribution in [0.4, 0.5) is 0 Å². The number of hydrogen-bond donors (Lipinski definition) is 2. The molecule has 1 atom stereocenters. The number of nitrogens with two attached hydrogens (primary N) is 1. The van der Waals surface area contributed by atoms with E-state index in [4.69, 9.17) is 5.73 Å². The molecule has 0 aliphatic heterocycles. The van der Waals surface area contributed by atoms with Crippen molar-refractivity contribution < 1.29 is 4.79 Å². The van der Waals surface area contributed by atoms with Crippen molar-refractivity contribution in [1.82, 2.24) is 5.32 Å². The summed E-state index contributed by atoms with van der Waals surface area (Å²) in [4.78, 5) is 11.8. The van der Waals surface area contributed by atoms with Gasteiger partial charge in [-0.1, -0.05) is 55.8 Å². The van der Waals surface area contributed by atoms with E-state index in [1.54, 1.807) is 0 Å². The molecule has 0 radical (unpaired) electrons. The third kappa shape index (κ3) is 4.73. The van der Waals surface area contributed by atoms with Crippen molar-refractivity contribution in [2.24, 2.45) is 5.73 Å². The zero-order valence-corrected chi connectivity index (χ0v) is 13.2. The van der Waals surface area contributed by atoms with Crippen molar-refractivity contribution in [2.45, 2.75) is 32.2 Å². The van der Waals surface area contributed by atoms with Crippen molar-refractivity contribution in [3.8, 4) is 0 Å². The third-order valence-corrected chi connectivity index (χ3v) is 3.51. The molecule has 0 spiro atoms. The molecule has 0 aromatic heterocycles. The van der Waals surface area contributed by atoms with Crippen LogP contribution >= 0.6 is 12.4 Å². The maximum absolute atomic E-state index is 11.8. The molecule has 1 amide bonds. The number of carbonyl (C=O) groups is 1. The first-order valence-electron chi connectivity index (χ1n) is 7.22. The lowest BCUT2D eigenvalue weighted by molar-refractivity contribution is -0.122. The van der Waals surface area contributed by atoms with Gasteiger partial charge >= 0.3 is 0 Å². The Hall–Kier alpha value is -1.58. The van der Waals surface area contributed by atoms with Gasteiger partial charge in [-0.15, -0.1) is 12.4 Å². The Balaban J connectivity index is 0.00000220. The minimum Gasteiger partial charge on any atom is -0.354 e. The molecular weight excluding hydrogens is 284 g/mol. The molecule has 0 saturated heterocycles. The average Bonchev–Trinajstić information content (AvgIpc) is 2.47. The van der Waals surface area contributed by atoms with Gasteiger partial charge in [-0.2, -0.15) is 0 Å². The zero-order chi connectivity index (χ0) is 14.4. The number of hydrogen-bond acceptors (Lipinski definition) is 2. The molecule has 3 N–H and O–H groups in total. The molecule has 1 unspecified atom stereocenters. The van der Waals surface area contributed by atoms with E-state index in [1.807, 2.05) is 19.1 Å². The summed E-state index contributed by atoms with van der Waals surface area (Å²) in [6.45, 7) is 2.66. The highest BCUT2D eigenvalue weighted by Gasteiger charge is 2.11. The number of carbonyl (C=O) groups excluding carboxylic acids is 1. The fourth-order valence-electron chi connectivity index (χ4n) is 2.40. The number of nitrogens with one attached hydrogen (secondary N) is 1. The predicted molar refractivity (Wildman–Crippen MR) is 90.8 cm³/mol. The smallest absolute Gasteiger partial charge is 0.236 e. The predicted octanol–water partition coefficient (Wildman–Crippen LogP) is 3.05. The third-order valence-electron chi connectivity index (χ3n) is 3.51. The van der Waals surface area contributed by atoms with Crippen molar-refractivity contribution in [3.63, 3.8) is 0 Å². The molecular formula is C17H23ClN2O. The summed E-state index contributed by atoms with van der Waals surface area (Å²) in [7, 11) is 0. The average molecular weight is 307 g/mol. The maximum atomic E-state index is 11.8. The van der Waals surface area contributed by atoms with E-state index in [0.717, 1.165) is 19.3 Å². The van der Waals surface area contributed by atoms with Crippen LogP contribution in [0, 0.1) is 0 Å². The molecule has 4 heteroatoms. The van der Waals surface area contributed by atoms with Crippen LogP contribution < -0.4 is 11.1 Å². The van der Waals surface area contributed by atoms with Gasteiger partial charge in [-0.3, -0.25) is 4.79 Å².